The molecule has 0 spiro atoms. The fraction of sp³-hybridized carbons (Fsp3) is 0.375. The second-order valence-electron chi connectivity index (χ2n) is 7.79. The zero-order valence-electron chi connectivity index (χ0n) is 16.6. The highest BCUT2D eigenvalue weighted by molar-refractivity contribution is 5.83. The van der Waals surface area contributed by atoms with E-state index in [-0.39, 0.29) is 17.9 Å². The van der Waals surface area contributed by atoms with Crippen LogP contribution in [0.25, 0.3) is 11.1 Å². The molecule has 0 saturated carbocycles. The molecule has 1 amide bonds. The Hall–Kier alpha value is -2.43. The zero-order chi connectivity index (χ0) is 20.1. The molecule has 4 N–H and O–H groups in total. The van der Waals surface area contributed by atoms with Gasteiger partial charge in [0.2, 0.25) is 5.91 Å². The third-order valence-corrected chi connectivity index (χ3v) is 5.84. The first-order chi connectivity index (χ1) is 13.5. The Bertz CT molecular complexity index is 787. The lowest BCUT2D eigenvalue weighted by Gasteiger charge is -2.32. The Balaban J connectivity index is 1.63. The minimum absolute atomic E-state index is 0.0374. The molecule has 4 atom stereocenters. The van der Waals surface area contributed by atoms with Crippen molar-refractivity contribution < 1.29 is 4.79 Å². The monoisotopic (exact) mass is 377 g/mol. The normalized spacial score (nSPS) is 19.8. The molecule has 3 rings (SSSR count). The van der Waals surface area contributed by atoms with Crippen LogP contribution in [0.5, 0.6) is 0 Å². The van der Waals surface area contributed by atoms with Crippen molar-refractivity contribution in [2.24, 2.45) is 17.4 Å². The number of carbonyl (C=O) groups is 1. The number of benzene rings is 2. The molecule has 1 aliphatic rings. The van der Waals surface area contributed by atoms with Crippen LogP contribution in [-0.2, 0) is 11.2 Å². The number of hydrogen-bond donors (Lipinski definition) is 2. The second kappa shape index (κ2) is 9.18. The van der Waals surface area contributed by atoms with Crippen molar-refractivity contribution in [2.75, 3.05) is 6.54 Å². The summed E-state index contributed by atoms with van der Waals surface area (Å²) in [6.45, 7) is 6.73. The van der Waals surface area contributed by atoms with Crippen LogP contribution in [0, 0.1) is 5.92 Å². The van der Waals surface area contributed by atoms with Gasteiger partial charge >= 0.3 is 0 Å². The summed E-state index contributed by atoms with van der Waals surface area (Å²) in [7, 11) is 0. The lowest BCUT2D eigenvalue weighted by molar-refractivity contribution is -0.134. The van der Waals surface area contributed by atoms with Gasteiger partial charge in [0.1, 0.15) is 0 Å². The third kappa shape index (κ3) is 4.51. The number of nitrogens with two attached hydrogens (primary N) is 2. The average Bonchev–Trinajstić information content (AvgIpc) is 3.23. The maximum Gasteiger partial charge on any atom is 0.241 e. The van der Waals surface area contributed by atoms with Crippen molar-refractivity contribution in [1.82, 2.24) is 4.90 Å². The maximum absolute atomic E-state index is 12.9. The van der Waals surface area contributed by atoms with E-state index in [1.54, 1.807) is 0 Å². The smallest absolute Gasteiger partial charge is 0.241 e. The van der Waals surface area contributed by atoms with Crippen LogP contribution in [0.4, 0.5) is 0 Å². The number of hydrogen-bond acceptors (Lipinski definition) is 3. The molecule has 4 unspecified atom stereocenters. The molecular weight excluding hydrogens is 346 g/mol. The standard InChI is InChI=1S/C24H31N3O/c1-3-17(2)22-10-7-15-27(22)24(28)23(26)21(25)16-18-11-13-20(14-12-18)19-8-5-4-6-9-19/h3-6,8-9,11-14,17,21-23H,1,7,10,15-16,25-26H2,2H3. The molecule has 1 saturated heterocycles. The number of rotatable bonds is 7. The minimum Gasteiger partial charge on any atom is -0.338 e. The molecule has 1 aliphatic heterocycles. The van der Waals surface area contributed by atoms with E-state index in [4.69, 9.17) is 11.5 Å². The average molecular weight is 378 g/mol. The van der Waals surface area contributed by atoms with E-state index in [0.29, 0.717) is 6.42 Å². The highest BCUT2D eigenvalue weighted by Gasteiger charge is 2.35. The fourth-order valence-electron chi connectivity index (χ4n) is 4.01. The summed E-state index contributed by atoms with van der Waals surface area (Å²) >= 11 is 0. The number of amides is 1. The van der Waals surface area contributed by atoms with Crippen molar-refractivity contribution in [3.05, 3.63) is 72.8 Å². The van der Waals surface area contributed by atoms with Gasteiger partial charge in [0.05, 0.1) is 6.04 Å². The molecule has 1 heterocycles. The minimum atomic E-state index is -0.689. The summed E-state index contributed by atoms with van der Waals surface area (Å²) in [5.41, 5.74) is 16.0. The summed E-state index contributed by atoms with van der Waals surface area (Å²) in [6.07, 6.45) is 4.51. The predicted octanol–water partition coefficient (Wildman–Crippen LogP) is 3.36. The quantitative estimate of drug-likeness (QED) is 0.727. The van der Waals surface area contributed by atoms with Crippen LogP contribution < -0.4 is 11.5 Å². The summed E-state index contributed by atoms with van der Waals surface area (Å²) in [4.78, 5) is 14.8. The van der Waals surface area contributed by atoms with E-state index in [0.717, 1.165) is 30.5 Å². The van der Waals surface area contributed by atoms with Crippen LogP contribution in [0.1, 0.15) is 25.3 Å². The van der Waals surface area contributed by atoms with Crippen LogP contribution in [0.3, 0.4) is 0 Å². The van der Waals surface area contributed by atoms with Gasteiger partial charge in [-0.15, -0.1) is 6.58 Å². The molecule has 0 bridgehead atoms. The molecule has 28 heavy (non-hydrogen) atoms. The van der Waals surface area contributed by atoms with E-state index in [1.165, 1.54) is 5.56 Å². The van der Waals surface area contributed by atoms with Crippen molar-refractivity contribution in [2.45, 2.75) is 44.3 Å². The molecular formula is C24H31N3O. The second-order valence-corrected chi connectivity index (χ2v) is 7.79. The van der Waals surface area contributed by atoms with Gasteiger partial charge in [-0.2, -0.15) is 0 Å². The summed E-state index contributed by atoms with van der Waals surface area (Å²) in [5, 5.41) is 0. The molecule has 4 heteroatoms. The largest absolute Gasteiger partial charge is 0.338 e. The van der Waals surface area contributed by atoms with Crippen LogP contribution in [0.15, 0.2) is 67.3 Å². The number of nitrogens with zero attached hydrogens (tertiary/aromatic N) is 1. The highest BCUT2D eigenvalue weighted by Crippen LogP contribution is 2.26. The van der Waals surface area contributed by atoms with Crippen molar-refractivity contribution in [3.8, 4) is 11.1 Å². The molecule has 2 aromatic rings. The van der Waals surface area contributed by atoms with Gasteiger partial charge in [-0.3, -0.25) is 4.79 Å². The first-order valence-electron chi connectivity index (χ1n) is 10.1. The Labute approximate surface area is 168 Å². The van der Waals surface area contributed by atoms with E-state index >= 15 is 0 Å². The highest BCUT2D eigenvalue weighted by atomic mass is 16.2. The van der Waals surface area contributed by atoms with Crippen LogP contribution >= 0.6 is 0 Å². The third-order valence-electron chi connectivity index (χ3n) is 5.84. The SMILES string of the molecule is C=CC(C)C1CCCN1C(=O)C(N)C(N)Cc1ccc(-c2ccccc2)cc1. The van der Waals surface area contributed by atoms with Crippen molar-refractivity contribution >= 4 is 5.91 Å². The van der Waals surface area contributed by atoms with Crippen molar-refractivity contribution in [3.63, 3.8) is 0 Å². The Morgan fingerprint density at radius 1 is 1.14 bits per heavy atom. The number of likely N-dealkylation sites (tertiary alicyclic amines) is 1. The fourth-order valence-corrected chi connectivity index (χ4v) is 4.01. The van der Waals surface area contributed by atoms with Gasteiger partial charge in [0.15, 0.2) is 0 Å². The molecule has 0 aliphatic carbocycles. The van der Waals surface area contributed by atoms with Crippen LogP contribution in [0.2, 0.25) is 0 Å². The van der Waals surface area contributed by atoms with E-state index in [9.17, 15) is 4.79 Å². The molecule has 1 fully saturated rings. The molecule has 148 valence electrons. The first kappa shape index (κ1) is 20.3. The Morgan fingerprint density at radius 3 is 2.43 bits per heavy atom. The van der Waals surface area contributed by atoms with E-state index < -0.39 is 12.1 Å². The molecule has 0 radical (unpaired) electrons. The Morgan fingerprint density at radius 2 is 1.79 bits per heavy atom. The maximum atomic E-state index is 12.9. The van der Waals surface area contributed by atoms with Gasteiger partial charge < -0.3 is 16.4 Å². The predicted molar refractivity (Wildman–Crippen MR) is 116 cm³/mol. The molecule has 0 aromatic heterocycles. The lowest BCUT2D eigenvalue weighted by atomic mass is 9.96. The molecule has 4 nitrogen and oxygen atoms in total. The van der Waals surface area contributed by atoms with E-state index in [2.05, 4.69) is 49.9 Å². The first-order valence-corrected chi connectivity index (χ1v) is 10.1. The summed E-state index contributed by atoms with van der Waals surface area (Å²) in [5.74, 6) is 0.227. The van der Waals surface area contributed by atoms with Crippen LogP contribution in [-0.4, -0.2) is 35.5 Å². The Kier molecular flexibility index (Phi) is 6.65. The lowest BCUT2D eigenvalue weighted by Crippen LogP contribution is -2.55. The summed E-state index contributed by atoms with van der Waals surface area (Å²) in [6, 6.07) is 17.7. The van der Waals surface area contributed by atoms with Gasteiger partial charge in [-0.05, 0) is 41.9 Å². The summed E-state index contributed by atoms with van der Waals surface area (Å²) < 4.78 is 0. The van der Waals surface area contributed by atoms with E-state index in [1.807, 2.05) is 29.2 Å². The topological polar surface area (TPSA) is 72.3 Å². The van der Waals surface area contributed by atoms with Gasteiger partial charge in [0, 0.05) is 18.6 Å². The zero-order valence-corrected chi connectivity index (χ0v) is 16.6. The van der Waals surface area contributed by atoms with Gasteiger partial charge in [-0.1, -0.05) is 67.6 Å². The van der Waals surface area contributed by atoms with Gasteiger partial charge in [0.25, 0.3) is 0 Å². The molecule has 2 aromatic carbocycles. The van der Waals surface area contributed by atoms with Crippen molar-refractivity contribution in [1.29, 1.82) is 0 Å². The number of carbonyl (C=O) groups excluding carboxylic acids is 1. The van der Waals surface area contributed by atoms with Gasteiger partial charge in [-0.25, -0.2) is 0 Å².